The van der Waals surface area contributed by atoms with E-state index >= 15 is 0 Å². The quantitative estimate of drug-likeness (QED) is 0.476. The number of rotatable bonds is 5. The minimum Gasteiger partial charge on any atom is -0.326 e. The van der Waals surface area contributed by atoms with Crippen LogP contribution in [0.1, 0.15) is 29.8 Å². The van der Waals surface area contributed by atoms with E-state index in [0.29, 0.717) is 16.9 Å². The number of benzene rings is 2. The number of amides is 2. The third kappa shape index (κ3) is 4.48. The van der Waals surface area contributed by atoms with Crippen LogP contribution in [0.4, 0.5) is 11.4 Å². The van der Waals surface area contributed by atoms with Gasteiger partial charge in [0.15, 0.2) is 0 Å². The second-order valence-electron chi connectivity index (χ2n) is 7.80. The highest BCUT2D eigenvalue weighted by molar-refractivity contribution is 6.04. The number of hydrogen-bond donors (Lipinski definition) is 2. The first-order valence-electron chi connectivity index (χ1n) is 10.2. The van der Waals surface area contributed by atoms with Gasteiger partial charge in [0.05, 0.1) is 5.69 Å². The first kappa shape index (κ1) is 20.3. The number of anilines is 2. The lowest BCUT2D eigenvalue weighted by Gasteiger charge is -2.09. The Morgan fingerprint density at radius 3 is 2.19 bits per heavy atom. The molecular weight excluding hydrogens is 388 g/mol. The number of aromatic nitrogens is 2. The summed E-state index contributed by atoms with van der Waals surface area (Å²) in [6.45, 7) is 5.70. The van der Waals surface area contributed by atoms with Gasteiger partial charge in [-0.05, 0) is 55.0 Å². The Morgan fingerprint density at radius 1 is 0.903 bits per heavy atom. The van der Waals surface area contributed by atoms with Gasteiger partial charge in [-0.25, -0.2) is 4.98 Å². The Labute approximate surface area is 180 Å². The molecule has 0 saturated heterocycles. The highest BCUT2D eigenvalue weighted by atomic mass is 16.2. The van der Waals surface area contributed by atoms with E-state index in [-0.39, 0.29) is 17.7 Å². The maximum absolute atomic E-state index is 12.6. The number of aryl methyl sites for hydroxylation is 1. The van der Waals surface area contributed by atoms with Gasteiger partial charge in [0, 0.05) is 40.8 Å². The van der Waals surface area contributed by atoms with Crippen LogP contribution in [0.3, 0.4) is 0 Å². The molecule has 0 aliphatic rings. The van der Waals surface area contributed by atoms with Crippen molar-refractivity contribution in [2.75, 3.05) is 10.6 Å². The number of nitrogens with one attached hydrogen (secondary N) is 2. The summed E-state index contributed by atoms with van der Waals surface area (Å²) < 4.78 is 2.01. The first-order chi connectivity index (χ1) is 14.9. The number of fused-ring (bicyclic) bond motifs is 1. The number of carbonyl (C=O) groups is 2. The van der Waals surface area contributed by atoms with Gasteiger partial charge >= 0.3 is 0 Å². The molecule has 2 heterocycles. The Bertz CT molecular complexity index is 1240. The van der Waals surface area contributed by atoms with Gasteiger partial charge in [0.2, 0.25) is 5.91 Å². The molecule has 156 valence electrons. The minimum atomic E-state index is -0.210. The highest BCUT2D eigenvalue weighted by Crippen LogP contribution is 2.23. The van der Waals surface area contributed by atoms with E-state index in [2.05, 4.69) is 10.6 Å². The lowest BCUT2D eigenvalue weighted by atomic mass is 10.1. The zero-order chi connectivity index (χ0) is 22.0. The van der Waals surface area contributed by atoms with E-state index in [1.54, 1.807) is 24.3 Å². The van der Waals surface area contributed by atoms with Crippen molar-refractivity contribution >= 4 is 28.8 Å². The van der Waals surface area contributed by atoms with Gasteiger partial charge < -0.3 is 15.0 Å². The maximum Gasteiger partial charge on any atom is 0.255 e. The van der Waals surface area contributed by atoms with Crippen molar-refractivity contribution < 1.29 is 9.59 Å². The van der Waals surface area contributed by atoms with Gasteiger partial charge in [0.25, 0.3) is 5.91 Å². The van der Waals surface area contributed by atoms with Crippen molar-refractivity contribution in [2.45, 2.75) is 20.8 Å². The van der Waals surface area contributed by atoms with Crippen LogP contribution in [0.5, 0.6) is 0 Å². The van der Waals surface area contributed by atoms with Gasteiger partial charge in [-0.1, -0.05) is 32.0 Å². The number of imidazole rings is 1. The predicted molar refractivity (Wildman–Crippen MR) is 123 cm³/mol. The van der Waals surface area contributed by atoms with Crippen LogP contribution in [0.15, 0.2) is 73.1 Å². The fourth-order valence-electron chi connectivity index (χ4n) is 3.21. The Kier molecular flexibility index (Phi) is 5.54. The fraction of sp³-hybridized carbons (Fsp3) is 0.160. The van der Waals surface area contributed by atoms with E-state index < -0.39 is 0 Å². The van der Waals surface area contributed by atoms with Crippen LogP contribution >= 0.6 is 0 Å². The summed E-state index contributed by atoms with van der Waals surface area (Å²) in [5.41, 5.74) is 5.79. The normalized spacial score (nSPS) is 11.0. The van der Waals surface area contributed by atoms with Crippen LogP contribution in [0.2, 0.25) is 0 Å². The van der Waals surface area contributed by atoms with Crippen LogP contribution in [0, 0.1) is 12.8 Å². The lowest BCUT2D eigenvalue weighted by molar-refractivity contribution is -0.118. The molecule has 0 fully saturated rings. The summed E-state index contributed by atoms with van der Waals surface area (Å²) in [6.07, 6.45) is 3.97. The average Bonchev–Trinajstić information content (AvgIpc) is 3.20. The molecule has 0 radical (unpaired) electrons. The van der Waals surface area contributed by atoms with E-state index in [1.165, 1.54) is 0 Å². The van der Waals surface area contributed by atoms with Gasteiger partial charge in [-0.15, -0.1) is 0 Å². The van der Waals surface area contributed by atoms with E-state index in [4.69, 9.17) is 4.98 Å². The zero-order valence-electron chi connectivity index (χ0n) is 17.7. The second-order valence-corrected chi connectivity index (χ2v) is 7.80. The standard InChI is InChI=1S/C25H24N4O2/c1-16(2)24(30)26-20-12-8-19(9-13-20)25(31)27-21-10-6-18(7-11-21)22-15-29-14-4-5-17(3)23(29)28-22/h4-16H,1-3H3,(H,26,30)(H,27,31). The number of hydrogen-bond acceptors (Lipinski definition) is 3. The molecular formula is C25H24N4O2. The fourth-order valence-corrected chi connectivity index (χ4v) is 3.21. The third-order valence-corrected chi connectivity index (χ3v) is 5.06. The van der Waals surface area contributed by atoms with Crippen LogP contribution in [-0.2, 0) is 4.79 Å². The predicted octanol–water partition coefficient (Wildman–Crippen LogP) is 5.16. The summed E-state index contributed by atoms with van der Waals surface area (Å²) in [5.74, 6) is -0.369. The molecule has 6 heteroatoms. The van der Waals surface area contributed by atoms with E-state index in [1.807, 2.05) is 74.0 Å². The number of pyridine rings is 1. The molecule has 0 bridgehead atoms. The number of nitrogens with zero attached hydrogens (tertiary/aromatic N) is 2. The molecule has 0 saturated carbocycles. The van der Waals surface area contributed by atoms with E-state index in [9.17, 15) is 9.59 Å². The van der Waals surface area contributed by atoms with Crippen molar-refractivity contribution in [1.29, 1.82) is 0 Å². The molecule has 0 spiro atoms. The van der Waals surface area contributed by atoms with Gasteiger partial charge in [-0.3, -0.25) is 9.59 Å². The molecule has 0 unspecified atom stereocenters. The Morgan fingerprint density at radius 2 is 1.55 bits per heavy atom. The summed E-state index contributed by atoms with van der Waals surface area (Å²) >= 11 is 0. The van der Waals surface area contributed by atoms with Gasteiger partial charge in [0.1, 0.15) is 5.65 Å². The molecule has 31 heavy (non-hydrogen) atoms. The van der Waals surface area contributed by atoms with Crippen molar-refractivity contribution in [3.8, 4) is 11.3 Å². The Balaban J connectivity index is 1.44. The Hall–Kier alpha value is -3.93. The van der Waals surface area contributed by atoms with Crippen molar-refractivity contribution in [2.24, 2.45) is 5.92 Å². The highest BCUT2D eigenvalue weighted by Gasteiger charge is 2.10. The SMILES string of the molecule is Cc1cccn2cc(-c3ccc(NC(=O)c4ccc(NC(=O)C(C)C)cc4)cc3)nc12. The topological polar surface area (TPSA) is 75.5 Å². The molecule has 2 aromatic heterocycles. The summed E-state index contributed by atoms with van der Waals surface area (Å²) in [4.78, 5) is 29.0. The molecule has 2 aromatic carbocycles. The summed E-state index contributed by atoms with van der Waals surface area (Å²) in [6, 6.07) is 18.5. The summed E-state index contributed by atoms with van der Waals surface area (Å²) in [5, 5.41) is 5.71. The summed E-state index contributed by atoms with van der Waals surface area (Å²) in [7, 11) is 0. The molecule has 0 atom stereocenters. The monoisotopic (exact) mass is 412 g/mol. The molecule has 2 N–H and O–H groups in total. The van der Waals surface area contributed by atoms with Crippen molar-refractivity contribution in [3.63, 3.8) is 0 Å². The largest absolute Gasteiger partial charge is 0.326 e. The van der Waals surface area contributed by atoms with Crippen molar-refractivity contribution in [1.82, 2.24) is 9.38 Å². The maximum atomic E-state index is 12.6. The number of carbonyl (C=O) groups excluding carboxylic acids is 2. The molecule has 4 rings (SSSR count). The minimum absolute atomic E-state index is 0.0574. The zero-order valence-corrected chi connectivity index (χ0v) is 17.7. The van der Waals surface area contributed by atoms with Crippen LogP contribution < -0.4 is 10.6 Å². The van der Waals surface area contributed by atoms with Crippen molar-refractivity contribution in [3.05, 3.63) is 84.2 Å². The second kappa shape index (κ2) is 8.44. The van der Waals surface area contributed by atoms with Gasteiger partial charge in [-0.2, -0.15) is 0 Å². The first-order valence-corrected chi connectivity index (χ1v) is 10.2. The molecule has 2 amide bonds. The van der Waals surface area contributed by atoms with E-state index in [0.717, 1.165) is 22.5 Å². The van der Waals surface area contributed by atoms with Crippen LogP contribution in [-0.4, -0.2) is 21.2 Å². The molecule has 0 aliphatic carbocycles. The molecule has 0 aliphatic heterocycles. The lowest BCUT2D eigenvalue weighted by Crippen LogP contribution is -2.18. The molecule has 4 aromatic rings. The third-order valence-electron chi connectivity index (χ3n) is 5.06. The molecule has 6 nitrogen and oxygen atoms in total. The smallest absolute Gasteiger partial charge is 0.255 e. The van der Waals surface area contributed by atoms with Crippen LogP contribution in [0.25, 0.3) is 16.9 Å². The average molecular weight is 412 g/mol.